The molecule has 3 rings (SSSR count). The lowest BCUT2D eigenvalue weighted by molar-refractivity contribution is -0.148. The maximum atomic E-state index is 12.1. The molecule has 1 aromatic rings. The molecule has 0 radical (unpaired) electrons. The highest BCUT2D eigenvalue weighted by molar-refractivity contribution is 5.89. The first kappa shape index (κ1) is 15.7. The summed E-state index contributed by atoms with van der Waals surface area (Å²) in [7, 11) is 0. The van der Waals surface area contributed by atoms with Crippen molar-refractivity contribution in [3.63, 3.8) is 0 Å². The van der Waals surface area contributed by atoms with Crippen molar-refractivity contribution in [1.82, 2.24) is 0 Å². The van der Waals surface area contributed by atoms with Crippen LogP contribution in [0.3, 0.4) is 0 Å². The number of hydrogen-bond donors (Lipinski definition) is 0. The Balaban J connectivity index is 1.60. The van der Waals surface area contributed by atoms with Gasteiger partial charge in [0.2, 0.25) is 0 Å². The summed E-state index contributed by atoms with van der Waals surface area (Å²) in [6, 6.07) is 8.73. The monoisotopic (exact) mass is 318 g/mol. The minimum Gasteiger partial charge on any atom is -0.454 e. The second-order valence-corrected chi connectivity index (χ2v) is 5.63. The standard InChI is InChI=1S/C17H18O6/c1-10(2)16(18)22-12-8-20-15-13(9-21-14(12)15)23-17(19)11-6-4-3-5-7-11/h3-7,12-15H,1,8-9H2,2H3/t12-,13-,14-,15-/m1/s1. The molecule has 0 unspecified atom stereocenters. The van der Waals surface area contributed by atoms with E-state index in [1.165, 1.54) is 0 Å². The summed E-state index contributed by atoms with van der Waals surface area (Å²) in [4.78, 5) is 23.7. The third kappa shape index (κ3) is 3.28. The normalized spacial score (nSPS) is 28.9. The van der Waals surface area contributed by atoms with E-state index in [2.05, 4.69) is 6.58 Å². The smallest absolute Gasteiger partial charge is 0.338 e. The van der Waals surface area contributed by atoms with Gasteiger partial charge in [0, 0.05) is 5.57 Å². The first-order valence-electron chi connectivity index (χ1n) is 7.42. The van der Waals surface area contributed by atoms with Crippen molar-refractivity contribution < 1.29 is 28.5 Å². The topological polar surface area (TPSA) is 71.1 Å². The van der Waals surface area contributed by atoms with Gasteiger partial charge in [0.25, 0.3) is 0 Å². The highest BCUT2D eigenvalue weighted by atomic mass is 16.7. The van der Waals surface area contributed by atoms with Crippen LogP contribution in [0, 0.1) is 0 Å². The van der Waals surface area contributed by atoms with Crippen LogP contribution in [0.2, 0.25) is 0 Å². The van der Waals surface area contributed by atoms with Crippen LogP contribution in [-0.2, 0) is 23.7 Å². The summed E-state index contributed by atoms with van der Waals surface area (Å²) in [6.07, 6.45) is -1.87. The van der Waals surface area contributed by atoms with Crippen molar-refractivity contribution in [3.05, 3.63) is 48.0 Å². The quantitative estimate of drug-likeness (QED) is 0.619. The fourth-order valence-electron chi connectivity index (χ4n) is 2.65. The maximum absolute atomic E-state index is 12.1. The van der Waals surface area contributed by atoms with Gasteiger partial charge in [-0.15, -0.1) is 0 Å². The molecule has 0 aliphatic carbocycles. The van der Waals surface area contributed by atoms with Crippen LogP contribution in [0.15, 0.2) is 42.5 Å². The molecule has 23 heavy (non-hydrogen) atoms. The molecular weight excluding hydrogens is 300 g/mol. The Labute approximate surface area is 134 Å². The third-order valence-electron chi connectivity index (χ3n) is 3.84. The number of carbonyl (C=O) groups is 2. The Morgan fingerprint density at radius 3 is 2.17 bits per heavy atom. The molecule has 2 saturated heterocycles. The number of esters is 2. The molecule has 2 fully saturated rings. The van der Waals surface area contributed by atoms with Crippen LogP contribution in [-0.4, -0.2) is 49.6 Å². The lowest BCUT2D eigenvalue weighted by Gasteiger charge is -2.17. The van der Waals surface area contributed by atoms with Gasteiger partial charge in [-0.05, 0) is 19.1 Å². The predicted molar refractivity (Wildman–Crippen MR) is 79.8 cm³/mol. The van der Waals surface area contributed by atoms with E-state index in [-0.39, 0.29) is 13.2 Å². The molecule has 0 spiro atoms. The molecule has 2 aliphatic rings. The van der Waals surface area contributed by atoms with E-state index in [1.54, 1.807) is 31.2 Å². The average Bonchev–Trinajstić information content (AvgIpc) is 3.12. The Hall–Kier alpha value is -2.18. The van der Waals surface area contributed by atoms with Gasteiger partial charge in [0.1, 0.15) is 12.2 Å². The molecule has 6 nitrogen and oxygen atoms in total. The van der Waals surface area contributed by atoms with E-state index in [0.29, 0.717) is 11.1 Å². The van der Waals surface area contributed by atoms with Crippen LogP contribution in [0.5, 0.6) is 0 Å². The van der Waals surface area contributed by atoms with Gasteiger partial charge in [0.05, 0.1) is 18.8 Å². The number of hydrogen-bond acceptors (Lipinski definition) is 6. The number of carbonyl (C=O) groups excluding carboxylic acids is 2. The van der Waals surface area contributed by atoms with Crippen LogP contribution in [0.25, 0.3) is 0 Å². The van der Waals surface area contributed by atoms with Gasteiger partial charge in [-0.2, -0.15) is 0 Å². The zero-order valence-corrected chi connectivity index (χ0v) is 12.8. The Morgan fingerprint density at radius 2 is 1.61 bits per heavy atom. The lowest BCUT2D eigenvalue weighted by atomic mass is 10.1. The average molecular weight is 318 g/mol. The van der Waals surface area contributed by atoms with Crippen molar-refractivity contribution in [2.24, 2.45) is 0 Å². The first-order valence-corrected chi connectivity index (χ1v) is 7.42. The van der Waals surface area contributed by atoms with Gasteiger partial charge < -0.3 is 18.9 Å². The molecule has 2 heterocycles. The number of fused-ring (bicyclic) bond motifs is 1. The molecule has 2 aliphatic heterocycles. The van der Waals surface area contributed by atoms with Gasteiger partial charge in [-0.3, -0.25) is 0 Å². The molecule has 122 valence electrons. The molecule has 0 aromatic heterocycles. The van der Waals surface area contributed by atoms with E-state index in [1.807, 2.05) is 6.07 Å². The van der Waals surface area contributed by atoms with E-state index in [0.717, 1.165) is 0 Å². The SMILES string of the molecule is C=C(C)C(=O)O[C@@H]1CO[C@H]2[C@@H]1OC[C@H]2OC(=O)c1ccccc1. The second kappa shape index (κ2) is 6.52. The van der Waals surface area contributed by atoms with Crippen LogP contribution in [0.1, 0.15) is 17.3 Å². The molecule has 1 aromatic carbocycles. The Kier molecular flexibility index (Phi) is 4.45. The van der Waals surface area contributed by atoms with Crippen molar-refractivity contribution in [2.45, 2.75) is 31.3 Å². The second-order valence-electron chi connectivity index (χ2n) is 5.63. The van der Waals surface area contributed by atoms with E-state index in [9.17, 15) is 9.59 Å². The van der Waals surface area contributed by atoms with Gasteiger partial charge in [0.15, 0.2) is 12.2 Å². The van der Waals surface area contributed by atoms with Crippen LogP contribution in [0.4, 0.5) is 0 Å². The van der Waals surface area contributed by atoms with Crippen molar-refractivity contribution in [3.8, 4) is 0 Å². The molecule has 0 saturated carbocycles. The number of benzene rings is 1. The number of ether oxygens (including phenoxy) is 4. The van der Waals surface area contributed by atoms with E-state index < -0.39 is 36.4 Å². The van der Waals surface area contributed by atoms with Crippen LogP contribution < -0.4 is 0 Å². The minimum atomic E-state index is -0.513. The largest absolute Gasteiger partial charge is 0.454 e. The van der Waals surface area contributed by atoms with Crippen molar-refractivity contribution in [2.75, 3.05) is 13.2 Å². The van der Waals surface area contributed by atoms with Gasteiger partial charge in [-0.25, -0.2) is 9.59 Å². The summed E-state index contributed by atoms with van der Waals surface area (Å²) in [5.41, 5.74) is 0.790. The molecule has 0 bridgehead atoms. The Bertz CT molecular complexity index is 611. The van der Waals surface area contributed by atoms with Crippen LogP contribution >= 0.6 is 0 Å². The zero-order valence-electron chi connectivity index (χ0n) is 12.8. The molecule has 0 amide bonds. The highest BCUT2D eigenvalue weighted by Gasteiger charge is 2.51. The van der Waals surface area contributed by atoms with E-state index in [4.69, 9.17) is 18.9 Å². The predicted octanol–water partition coefficient (Wildman–Crippen LogP) is 1.50. The summed E-state index contributed by atoms with van der Waals surface area (Å²) >= 11 is 0. The summed E-state index contributed by atoms with van der Waals surface area (Å²) in [5, 5.41) is 0. The minimum absolute atomic E-state index is 0.216. The molecular formula is C17H18O6. The molecule has 0 N–H and O–H groups in total. The summed E-state index contributed by atoms with van der Waals surface area (Å²) in [5.74, 6) is -0.904. The summed E-state index contributed by atoms with van der Waals surface area (Å²) in [6.45, 7) is 5.56. The maximum Gasteiger partial charge on any atom is 0.338 e. The van der Waals surface area contributed by atoms with E-state index >= 15 is 0 Å². The van der Waals surface area contributed by atoms with Crippen molar-refractivity contribution >= 4 is 11.9 Å². The summed E-state index contributed by atoms with van der Waals surface area (Å²) < 4.78 is 22.0. The highest BCUT2D eigenvalue weighted by Crippen LogP contribution is 2.31. The fraction of sp³-hybridized carbons (Fsp3) is 0.412. The lowest BCUT2D eigenvalue weighted by Crippen LogP contribution is -2.36. The molecule has 4 atom stereocenters. The number of rotatable bonds is 4. The first-order chi connectivity index (χ1) is 11.1. The Morgan fingerprint density at radius 1 is 1.04 bits per heavy atom. The van der Waals surface area contributed by atoms with Crippen molar-refractivity contribution in [1.29, 1.82) is 0 Å². The fourth-order valence-corrected chi connectivity index (χ4v) is 2.65. The third-order valence-corrected chi connectivity index (χ3v) is 3.84. The van der Waals surface area contributed by atoms with Gasteiger partial charge in [-0.1, -0.05) is 24.8 Å². The van der Waals surface area contributed by atoms with Gasteiger partial charge >= 0.3 is 11.9 Å². The molecule has 6 heteroatoms. The zero-order chi connectivity index (χ0) is 16.4.